The van der Waals surface area contributed by atoms with Gasteiger partial charge in [0.15, 0.2) is 0 Å². The fraction of sp³-hybridized carbons (Fsp3) is 0.375. The van der Waals surface area contributed by atoms with Crippen molar-refractivity contribution in [1.82, 2.24) is 10.2 Å². The summed E-state index contributed by atoms with van der Waals surface area (Å²) < 4.78 is 0. The van der Waals surface area contributed by atoms with E-state index in [0.717, 1.165) is 33.5 Å². The predicted octanol–water partition coefficient (Wildman–Crippen LogP) is 7.94. The second-order valence-corrected chi connectivity index (χ2v) is 10.6. The first-order valence-corrected chi connectivity index (χ1v) is 12.9. The second-order valence-electron chi connectivity index (χ2n) is 8.30. The molecule has 0 radical (unpaired) electrons. The van der Waals surface area contributed by atoms with E-state index in [1.54, 1.807) is 17.4 Å². The molecule has 5 rings (SSSR count). The number of anilines is 1. The molecule has 166 valence electrons. The first-order valence-electron chi connectivity index (χ1n) is 11.0. The van der Waals surface area contributed by atoms with Crippen molar-refractivity contribution < 1.29 is 0 Å². The van der Waals surface area contributed by atoms with E-state index in [-0.39, 0.29) is 12.1 Å². The van der Waals surface area contributed by atoms with Gasteiger partial charge in [0.25, 0.3) is 0 Å². The molecule has 2 aromatic carbocycles. The minimum absolute atomic E-state index is 0.0994. The highest BCUT2D eigenvalue weighted by Gasteiger charge is 2.40. The monoisotopic (exact) mass is 504 g/mol. The van der Waals surface area contributed by atoms with Crippen molar-refractivity contribution >= 4 is 57.7 Å². The van der Waals surface area contributed by atoms with Crippen molar-refractivity contribution in [3.63, 3.8) is 0 Å². The number of amidine groups is 1. The molecule has 4 nitrogen and oxygen atoms in total. The summed E-state index contributed by atoms with van der Waals surface area (Å²) in [6, 6.07) is 13.4. The topological polar surface area (TPSA) is 41.4 Å². The van der Waals surface area contributed by atoms with Gasteiger partial charge in [-0.1, -0.05) is 65.9 Å². The van der Waals surface area contributed by atoms with Crippen LogP contribution < -0.4 is 4.90 Å². The van der Waals surface area contributed by atoms with Crippen LogP contribution in [0.5, 0.6) is 0 Å². The number of rotatable bonds is 5. The maximum absolute atomic E-state index is 6.62. The molecule has 1 saturated carbocycles. The molecule has 2 atom stereocenters. The Kier molecular flexibility index (Phi) is 6.44. The summed E-state index contributed by atoms with van der Waals surface area (Å²) in [5.41, 5.74) is 1.88. The third kappa shape index (κ3) is 4.16. The van der Waals surface area contributed by atoms with Crippen LogP contribution >= 0.6 is 46.1 Å². The Morgan fingerprint density at radius 2 is 1.62 bits per heavy atom. The highest BCUT2D eigenvalue weighted by atomic mass is 35.5. The molecule has 2 heterocycles. The van der Waals surface area contributed by atoms with Crippen LogP contribution in [0.3, 0.4) is 0 Å². The van der Waals surface area contributed by atoms with Crippen molar-refractivity contribution in [3.05, 3.63) is 73.1 Å². The molecular formula is C24H23Cl3N4S. The average Bonchev–Trinajstić information content (AvgIpc) is 3.53. The van der Waals surface area contributed by atoms with Crippen molar-refractivity contribution in [1.29, 1.82) is 0 Å². The number of aromatic nitrogens is 2. The number of benzene rings is 2. The summed E-state index contributed by atoms with van der Waals surface area (Å²) >= 11 is 20.7. The fourth-order valence-corrected chi connectivity index (χ4v) is 6.42. The number of halogens is 3. The zero-order chi connectivity index (χ0) is 22.2. The molecular weight excluding hydrogens is 483 g/mol. The van der Waals surface area contributed by atoms with E-state index < -0.39 is 0 Å². The van der Waals surface area contributed by atoms with E-state index in [1.165, 1.54) is 25.7 Å². The van der Waals surface area contributed by atoms with E-state index in [9.17, 15) is 0 Å². The number of hydrogen-bond acceptors (Lipinski definition) is 5. The molecule has 0 bridgehead atoms. The largest absolute Gasteiger partial charge is 0.320 e. The molecule has 1 aliphatic heterocycles. The summed E-state index contributed by atoms with van der Waals surface area (Å²) in [7, 11) is 0. The maximum Gasteiger partial charge on any atom is 0.144 e. The third-order valence-electron chi connectivity index (χ3n) is 6.29. The highest BCUT2D eigenvalue weighted by Crippen LogP contribution is 2.43. The van der Waals surface area contributed by atoms with E-state index in [0.29, 0.717) is 21.0 Å². The summed E-state index contributed by atoms with van der Waals surface area (Å²) in [6.45, 7) is 2.18. The number of aliphatic imine (C=N–C) groups is 1. The first kappa shape index (κ1) is 22.1. The molecule has 2 unspecified atom stereocenters. The van der Waals surface area contributed by atoms with E-state index in [1.807, 2.05) is 36.4 Å². The summed E-state index contributed by atoms with van der Waals surface area (Å²) in [5.74, 6) is 1.37. The summed E-state index contributed by atoms with van der Waals surface area (Å²) in [4.78, 5) is 7.44. The fourth-order valence-electron chi connectivity index (χ4n) is 4.69. The lowest BCUT2D eigenvalue weighted by Gasteiger charge is -2.29. The lowest BCUT2D eigenvalue weighted by molar-refractivity contribution is 0.558. The summed E-state index contributed by atoms with van der Waals surface area (Å²) in [6.07, 6.45) is 5.87. The molecule has 3 aromatic rings. The van der Waals surface area contributed by atoms with Gasteiger partial charge in [-0.2, -0.15) is 0 Å². The third-order valence-corrected chi connectivity index (χ3v) is 8.25. The molecule has 8 heteroatoms. The molecule has 0 spiro atoms. The van der Waals surface area contributed by atoms with Crippen LogP contribution in [0.4, 0.5) is 5.69 Å². The standard InChI is InChI=1S/C24H23Cl3N4S/c1-2-20-21(24-30-29-23(32-24)14-5-3-4-6-14)28-22(18-12-9-16(26)13-19(18)27)31(20)17-10-7-15(25)8-11-17/h7-14,20-21H,2-6H2,1H3. The lowest BCUT2D eigenvalue weighted by atomic mass is 10.0. The highest BCUT2D eigenvalue weighted by molar-refractivity contribution is 7.11. The second kappa shape index (κ2) is 9.30. The number of nitrogens with zero attached hydrogens (tertiary/aromatic N) is 4. The Balaban J connectivity index is 1.59. The minimum Gasteiger partial charge on any atom is -0.320 e. The van der Waals surface area contributed by atoms with Crippen molar-refractivity contribution in [3.8, 4) is 0 Å². The predicted molar refractivity (Wildman–Crippen MR) is 135 cm³/mol. The van der Waals surface area contributed by atoms with Gasteiger partial charge in [0.05, 0.1) is 11.1 Å². The van der Waals surface area contributed by atoms with Gasteiger partial charge < -0.3 is 4.90 Å². The van der Waals surface area contributed by atoms with Gasteiger partial charge in [0.2, 0.25) is 0 Å². The minimum atomic E-state index is -0.106. The van der Waals surface area contributed by atoms with Gasteiger partial charge in [-0.05, 0) is 61.7 Å². The molecule has 0 amide bonds. The molecule has 1 fully saturated rings. The van der Waals surface area contributed by atoms with E-state index >= 15 is 0 Å². The van der Waals surface area contributed by atoms with Crippen LogP contribution in [0.25, 0.3) is 0 Å². The van der Waals surface area contributed by atoms with Gasteiger partial charge in [-0.15, -0.1) is 10.2 Å². The quantitative estimate of drug-likeness (QED) is 0.353. The molecule has 1 aromatic heterocycles. The van der Waals surface area contributed by atoms with E-state index in [2.05, 4.69) is 22.0 Å². The Morgan fingerprint density at radius 3 is 2.31 bits per heavy atom. The normalized spacial score (nSPS) is 21.4. The van der Waals surface area contributed by atoms with E-state index in [4.69, 9.17) is 39.8 Å². The zero-order valence-electron chi connectivity index (χ0n) is 17.6. The van der Waals surface area contributed by atoms with Gasteiger partial charge in [-0.3, -0.25) is 4.99 Å². The van der Waals surface area contributed by atoms with Crippen LogP contribution in [-0.2, 0) is 0 Å². The van der Waals surface area contributed by atoms with Gasteiger partial charge in [0, 0.05) is 27.2 Å². The Hall–Kier alpha value is -1.66. The average molecular weight is 506 g/mol. The van der Waals surface area contributed by atoms with Crippen LogP contribution in [0.2, 0.25) is 15.1 Å². The molecule has 0 saturated heterocycles. The van der Waals surface area contributed by atoms with Crippen molar-refractivity contribution in [2.75, 3.05) is 4.90 Å². The Bertz CT molecular complexity index is 1140. The van der Waals surface area contributed by atoms with Gasteiger partial charge in [0.1, 0.15) is 21.9 Å². The smallest absolute Gasteiger partial charge is 0.144 e. The van der Waals surface area contributed by atoms with Crippen LogP contribution in [0, 0.1) is 0 Å². The molecule has 1 aliphatic carbocycles. The Morgan fingerprint density at radius 1 is 0.938 bits per heavy atom. The summed E-state index contributed by atoms with van der Waals surface area (Å²) in [5, 5.41) is 13.2. The first-order chi connectivity index (χ1) is 15.5. The van der Waals surface area contributed by atoms with Crippen LogP contribution in [-0.4, -0.2) is 22.1 Å². The maximum atomic E-state index is 6.62. The molecule has 2 aliphatic rings. The Labute approximate surface area is 207 Å². The van der Waals surface area contributed by atoms with Gasteiger partial charge in [-0.25, -0.2) is 0 Å². The van der Waals surface area contributed by atoms with Crippen LogP contribution in [0.15, 0.2) is 47.5 Å². The zero-order valence-corrected chi connectivity index (χ0v) is 20.7. The lowest BCUT2D eigenvalue weighted by Crippen LogP contribution is -2.37. The SMILES string of the molecule is CCC1C(c2nnc(C3CCCC3)s2)N=C(c2ccc(Cl)cc2Cl)N1c1ccc(Cl)cc1. The molecule has 32 heavy (non-hydrogen) atoms. The van der Waals surface area contributed by atoms with Crippen molar-refractivity contribution in [2.24, 2.45) is 4.99 Å². The van der Waals surface area contributed by atoms with Crippen LogP contribution in [0.1, 0.15) is 66.6 Å². The molecule has 0 N–H and O–H groups in total. The number of hydrogen-bond donors (Lipinski definition) is 0. The van der Waals surface area contributed by atoms with Gasteiger partial charge >= 0.3 is 0 Å². The van der Waals surface area contributed by atoms with Crippen molar-refractivity contribution in [2.45, 2.75) is 57.0 Å².